The fourth-order valence-corrected chi connectivity index (χ4v) is 3.70. The summed E-state index contributed by atoms with van der Waals surface area (Å²) in [5.41, 5.74) is -1.61. The van der Waals surface area contributed by atoms with E-state index < -0.39 is 34.5 Å². The first kappa shape index (κ1) is 26.0. The SMILES string of the molecule is O=C(Nc1ccc(Cl)c(C(F)(F)F)c1)Nc1ccc(Cc2nccc(-c3ccc[nH]3)n2)c(C(F)(F)F)c1. The Balaban J connectivity index is 1.53. The molecule has 6 nitrogen and oxygen atoms in total. The summed E-state index contributed by atoms with van der Waals surface area (Å²) in [7, 11) is 0. The standard InChI is InChI=1S/C24H16ClF6N5O/c25-18-6-5-15(12-17(18)24(29,30)31)35-22(37)34-14-4-3-13(16(11-14)23(26,27)28)10-21-33-9-7-20(36-21)19-2-1-8-32-19/h1-9,11-12,32H,10H2,(H2,34,35,37). The molecule has 0 radical (unpaired) electrons. The number of nitrogens with one attached hydrogen (secondary N) is 3. The van der Waals surface area contributed by atoms with Crippen molar-refractivity contribution in [2.75, 3.05) is 10.6 Å². The molecule has 0 aliphatic heterocycles. The Morgan fingerprint density at radius 1 is 0.892 bits per heavy atom. The van der Waals surface area contributed by atoms with Gasteiger partial charge in [0.1, 0.15) is 5.82 Å². The Kier molecular flexibility index (Phi) is 7.12. The Hall–Kier alpha value is -4.06. The Morgan fingerprint density at radius 3 is 2.16 bits per heavy atom. The molecule has 3 N–H and O–H groups in total. The van der Waals surface area contributed by atoms with E-state index in [0.29, 0.717) is 17.5 Å². The number of benzene rings is 2. The average Bonchev–Trinajstić information content (AvgIpc) is 3.35. The van der Waals surface area contributed by atoms with Crippen molar-refractivity contribution in [3.63, 3.8) is 0 Å². The molecular weight excluding hydrogens is 524 g/mol. The maximum Gasteiger partial charge on any atom is 0.417 e. The maximum atomic E-state index is 13.8. The lowest BCUT2D eigenvalue weighted by atomic mass is 10.0. The van der Waals surface area contributed by atoms with Crippen molar-refractivity contribution < 1.29 is 31.1 Å². The third kappa shape index (κ3) is 6.39. The summed E-state index contributed by atoms with van der Waals surface area (Å²) < 4.78 is 80.5. The molecule has 192 valence electrons. The predicted molar refractivity (Wildman–Crippen MR) is 125 cm³/mol. The Bertz CT molecular complexity index is 1420. The number of aromatic nitrogens is 3. The van der Waals surface area contributed by atoms with Gasteiger partial charge in [-0.3, -0.25) is 0 Å². The topological polar surface area (TPSA) is 82.7 Å². The number of halogens is 7. The fraction of sp³-hybridized carbons (Fsp3) is 0.125. The minimum absolute atomic E-state index is 0.130. The van der Waals surface area contributed by atoms with Crippen LogP contribution in [-0.2, 0) is 18.8 Å². The molecule has 4 rings (SSSR count). The van der Waals surface area contributed by atoms with Crippen molar-refractivity contribution >= 4 is 29.0 Å². The molecule has 4 aromatic rings. The molecule has 0 atom stereocenters. The molecule has 2 heterocycles. The lowest BCUT2D eigenvalue weighted by Gasteiger charge is -2.16. The molecule has 0 bridgehead atoms. The van der Waals surface area contributed by atoms with Crippen molar-refractivity contribution in [1.82, 2.24) is 15.0 Å². The number of urea groups is 1. The summed E-state index contributed by atoms with van der Waals surface area (Å²) in [5, 5.41) is 3.78. The van der Waals surface area contributed by atoms with Crippen LogP contribution in [0.4, 0.5) is 42.5 Å². The van der Waals surface area contributed by atoms with Gasteiger partial charge in [0.2, 0.25) is 0 Å². The minimum Gasteiger partial charge on any atom is -0.360 e. The molecule has 0 aliphatic carbocycles. The summed E-state index contributed by atoms with van der Waals surface area (Å²) in [6, 6.07) is 9.92. The third-order valence-electron chi connectivity index (χ3n) is 5.13. The maximum absolute atomic E-state index is 13.8. The zero-order valence-corrected chi connectivity index (χ0v) is 19.3. The van der Waals surface area contributed by atoms with Crippen LogP contribution in [0.25, 0.3) is 11.4 Å². The first-order valence-electron chi connectivity index (χ1n) is 10.5. The molecule has 2 amide bonds. The van der Waals surface area contributed by atoms with Gasteiger partial charge in [-0.15, -0.1) is 0 Å². The van der Waals surface area contributed by atoms with Crippen LogP contribution in [0.2, 0.25) is 5.02 Å². The van der Waals surface area contributed by atoms with E-state index in [1.54, 1.807) is 24.4 Å². The van der Waals surface area contributed by atoms with Gasteiger partial charge in [-0.05, 0) is 54.1 Å². The Labute approximate surface area is 210 Å². The molecule has 0 fully saturated rings. The number of carbonyl (C=O) groups excluding carboxylic acids is 1. The van der Waals surface area contributed by atoms with Gasteiger partial charge in [0.15, 0.2) is 0 Å². The molecule has 37 heavy (non-hydrogen) atoms. The van der Waals surface area contributed by atoms with Crippen LogP contribution in [0.1, 0.15) is 22.5 Å². The van der Waals surface area contributed by atoms with Gasteiger partial charge in [0, 0.05) is 30.2 Å². The van der Waals surface area contributed by atoms with Crippen molar-refractivity contribution in [2.24, 2.45) is 0 Å². The summed E-state index contributed by atoms with van der Waals surface area (Å²) in [4.78, 5) is 23.6. The van der Waals surface area contributed by atoms with Gasteiger partial charge in [-0.25, -0.2) is 14.8 Å². The summed E-state index contributed by atoms with van der Waals surface area (Å²) in [5.74, 6) is 0.152. The van der Waals surface area contributed by atoms with E-state index >= 15 is 0 Å². The van der Waals surface area contributed by atoms with E-state index in [1.165, 1.54) is 18.3 Å². The number of alkyl halides is 6. The highest BCUT2D eigenvalue weighted by molar-refractivity contribution is 6.31. The normalized spacial score (nSPS) is 11.9. The third-order valence-corrected chi connectivity index (χ3v) is 5.46. The van der Waals surface area contributed by atoms with Gasteiger partial charge in [-0.1, -0.05) is 17.7 Å². The van der Waals surface area contributed by atoms with Gasteiger partial charge < -0.3 is 15.6 Å². The second-order valence-corrected chi connectivity index (χ2v) is 8.17. The van der Waals surface area contributed by atoms with Crippen LogP contribution < -0.4 is 10.6 Å². The molecule has 0 saturated heterocycles. The van der Waals surface area contributed by atoms with E-state index in [-0.39, 0.29) is 29.2 Å². The van der Waals surface area contributed by atoms with Crippen molar-refractivity contribution in [2.45, 2.75) is 18.8 Å². The van der Waals surface area contributed by atoms with Gasteiger partial charge in [0.25, 0.3) is 0 Å². The molecule has 2 aromatic carbocycles. The van der Waals surface area contributed by atoms with E-state index in [1.807, 2.05) is 0 Å². The monoisotopic (exact) mass is 539 g/mol. The lowest BCUT2D eigenvalue weighted by molar-refractivity contribution is -0.138. The van der Waals surface area contributed by atoms with Gasteiger partial charge in [0.05, 0.1) is 27.5 Å². The zero-order valence-electron chi connectivity index (χ0n) is 18.5. The number of rotatable bonds is 5. The number of hydrogen-bond acceptors (Lipinski definition) is 3. The van der Waals surface area contributed by atoms with Crippen LogP contribution >= 0.6 is 11.6 Å². The van der Waals surface area contributed by atoms with Crippen LogP contribution in [-0.4, -0.2) is 21.0 Å². The van der Waals surface area contributed by atoms with Crippen LogP contribution in [0, 0.1) is 0 Å². The zero-order chi connectivity index (χ0) is 26.8. The Morgan fingerprint density at radius 2 is 1.54 bits per heavy atom. The van der Waals surface area contributed by atoms with Gasteiger partial charge >= 0.3 is 18.4 Å². The van der Waals surface area contributed by atoms with Crippen molar-refractivity contribution in [3.05, 3.63) is 94.5 Å². The molecule has 2 aromatic heterocycles. The largest absolute Gasteiger partial charge is 0.417 e. The van der Waals surface area contributed by atoms with Crippen LogP contribution in [0.15, 0.2) is 67.0 Å². The highest BCUT2D eigenvalue weighted by Crippen LogP contribution is 2.37. The molecule has 0 saturated carbocycles. The van der Waals surface area contributed by atoms with Crippen LogP contribution in [0.3, 0.4) is 0 Å². The highest BCUT2D eigenvalue weighted by atomic mass is 35.5. The number of anilines is 2. The number of nitrogens with zero attached hydrogens (tertiary/aromatic N) is 2. The van der Waals surface area contributed by atoms with Crippen molar-refractivity contribution in [3.8, 4) is 11.4 Å². The number of carbonyl (C=O) groups is 1. The minimum atomic E-state index is -4.77. The van der Waals surface area contributed by atoms with Gasteiger partial charge in [-0.2, -0.15) is 26.3 Å². The highest BCUT2D eigenvalue weighted by Gasteiger charge is 2.35. The quantitative estimate of drug-likeness (QED) is 0.231. The van der Waals surface area contributed by atoms with Crippen molar-refractivity contribution in [1.29, 1.82) is 0 Å². The fourth-order valence-electron chi connectivity index (χ4n) is 3.48. The second-order valence-electron chi connectivity index (χ2n) is 7.76. The predicted octanol–water partition coefficient (Wildman–Crippen LogP) is 7.40. The first-order chi connectivity index (χ1) is 17.4. The average molecular weight is 540 g/mol. The summed E-state index contributed by atoms with van der Waals surface area (Å²) >= 11 is 5.55. The van der Waals surface area contributed by atoms with Crippen LogP contribution in [0.5, 0.6) is 0 Å². The number of H-pyrrole nitrogens is 1. The number of amides is 2. The van der Waals surface area contributed by atoms with E-state index in [2.05, 4.69) is 25.6 Å². The second kappa shape index (κ2) is 10.1. The van der Waals surface area contributed by atoms with E-state index in [9.17, 15) is 31.1 Å². The first-order valence-corrected chi connectivity index (χ1v) is 10.9. The number of hydrogen-bond donors (Lipinski definition) is 3. The molecule has 13 heteroatoms. The molecule has 0 aliphatic rings. The smallest absolute Gasteiger partial charge is 0.360 e. The van der Waals surface area contributed by atoms with E-state index in [0.717, 1.165) is 18.2 Å². The molecule has 0 spiro atoms. The summed E-state index contributed by atoms with van der Waals surface area (Å²) in [6.45, 7) is 0. The van der Waals surface area contributed by atoms with E-state index in [4.69, 9.17) is 11.6 Å². The lowest BCUT2D eigenvalue weighted by Crippen LogP contribution is -2.20. The summed E-state index contributed by atoms with van der Waals surface area (Å²) in [6.07, 6.45) is -6.64. The molecule has 0 unspecified atom stereocenters. The number of aromatic amines is 1. The molecular formula is C24H16ClF6N5O.